The number of hydrogen-bond acceptors (Lipinski definition) is 2. The van der Waals surface area contributed by atoms with Crippen molar-refractivity contribution in [3.63, 3.8) is 0 Å². The molecule has 0 amide bonds. The van der Waals surface area contributed by atoms with E-state index >= 15 is 0 Å². The zero-order chi connectivity index (χ0) is 7.07. The van der Waals surface area contributed by atoms with Crippen molar-refractivity contribution >= 4 is 39.5 Å². The van der Waals surface area contributed by atoms with Crippen LogP contribution in [0.2, 0.25) is 0 Å². The molecule has 0 fully saturated rings. The third kappa shape index (κ3) is 7.63. The molecule has 0 unspecified atom stereocenters. The lowest BCUT2D eigenvalue weighted by Gasteiger charge is -1.39. The lowest BCUT2D eigenvalue weighted by molar-refractivity contribution is 2.03. The van der Waals surface area contributed by atoms with Crippen LogP contribution in [-0.2, 0) is 0 Å². The second-order valence-electron chi connectivity index (χ2n) is 1.59. The van der Waals surface area contributed by atoms with E-state index in [1.165, 1.54) is 0 Å². The van der Waals surface area contributed by atoms with Crippen molar-refractivity contribution in [1.29, 1.82) is 0 Å². The summed E-state index contributed by atoms with van der Waals surface area (Å²) >= 11 is 3.43. The molecule has 0 saturated carbocycles. The number of hydrogen-bond donors (Lipinski definition) is 0. The van der Waals surface area contributed by atoms with Gasteiger partial charge in [-0.3, -0.25) is 0 Å². The SMILES string of the molecule is B.B.c1ccsc1.c1ccsc1. The van der Waals surface area contributed by atoms with Crippen molar-refractivity contribution in [2.45, 2.75) is 0 Å². The van der Waals surface area contributed by atoms with Gasteiger partial charge in [-0.05, 0) is 21.5 Å². The normalized spacial score (nSPS) is 6.67. The van der Waals surface area contributed by atoms with E-state index in [2.05, 4.69) is 0 Å². The summed E-state index contributed by atoms with van der Waals surface area (Å²) in [5, 5.41) is 8.17. The molecule has 2 rings (SSSR count). The second kappa shape index (κ2) is 10.5. The summed E-state index contributed by atoms with van der Waals surface area (Å²) in [4.78, 5) is 0. The summed E-state index contributed by atoms with van der Waals surface area (Å²) < 4.78 is 0. The quantitative estimate of drug-likeness (QED) is 0.554. The van der Waals surface area contributed by atoms with E-state index in [4.69, 9.17) is 0 Å². The Bertz CT molecular complexity index is 154. The molecule has 2 heterocycles. The molecular formula is C8H14B2S2. The number of rotatable bonds is 0. The molecule has 64 valence electrons. The van der Waals surface area contributed by atoms with E-state index in [1.807, 2.05) is 45.8 Å². The Morgan fingerprint density at radius 3 is 0.833 bits per heavy atom. The van der Waals surface area contributed by atoms with Crippen molar-refractivity contribution in [1.82, 2.24) is 0 Å². The maximum Gasteiger partial charge on any atom is 0.0814 e. The van der Waals surface area contributed by atoms with Gasteiger partial charge in [0, 0.05) is 0 Å². The van der Waals surface area contributed by atoms with Gasteiger partial charge in [-0.15, -0.1) is 0 Å². The molecular weight excluding hydrogens is 182 g/mol. The van der Waals surface area contributed by atoms with Gasteiger partial charge in [-0.2, -0.15) is 22.7 Å². The fourth-order valence-corrected chi connectivity index (χ4v) is 1.36. The van der Waals surface area contributed by atoms with Gasteiger partial charge in [-0.25, -0.2) is 0 Å². The summed E-state index contributed by atoms with van der Waals surface area (Å²) in [5.41, 5.74) is 0. The van der Waals surface area contributed by atoms with Gasteiger partial charge in [0.05, 0.1) is 16.8 Å². The molecule has 0 radical (unpaired) electrons. The maximum absolute atomic E-state index is 2.04. The molecule has 0 bridgehead atoms. The van der Waals surface area contributed by atoms with Gasteiger partial charge in [0.1, 0.15) is 0 Å². The topological polar surface area (TPSA) is 0 Å². The van der Waals surface area contributed by atoms with Crippen molar-refractivity contribution in [3.8, 4) is 0 Å². The second-order valence-corrected chi connectivity index (χ2v) is 3.22. The van der Waals surface area contributed by atoms with E-state index in [-0.39, 0.29) is 16.8 Å². The van der Waals surface area contributed by atoms with Gasteiger partial charge in [-0.1, -0.05) is 24.3 Å². The smallest absolute Gasteiger partial charge is 0.0814 e. The third-order valence-electron chi connectivity index (χ3n) is 0.851. The number of thiophene rings is 2. The molecule has 0 aliphatic rings. The molecule has 2 aromatic heterocycles. The van der Waals surface area contributed by atoms with Crippen LogP contribution in [0.25, 0.3) is 0 Å². The molecule has 0 nitrogen and oxygen atoms in total. The van der Waals surface area contributed by atoms with Gasteiger partial charge in [0.25, 0.3) is 0 Å². The van der Waals surface area contributed by atoms with Crippen LogP contribution in [0.15, 0.2) is 45.8 Å². The van der Waals surface area contributed by atoms with E-state index in [0.29, 0.717) is 0 Å². The van der Waals surface area contributed by atoms with Crippen molar-refractivity contribution in [2.75, 3.05) is 0 Å². The van der Waals surface area contributed by atoms with E-state index in [0.717, 1.165) is 0 Å². The van der Waals surface area contributed by atoms with Gasteiger partial charge >= 0.3 is 0 Å². The Morgan fingerprint density at radius 1 is 0.500 bits per heavy atom. The highest BCUT2D eigenvalue weighted by Gasteiger charge is 1.59. The Morgan fingerprint density at radius 2 is 0.750 bits per heavy atom. The van der Waals surface area contributed by atoms with Crippen LogP contribution in [0.5, 0.6) is 0 Å². The van der Waals surface area contributed by atoms with Crippen LogP contribution in [0, 0.1) is 0 Å². The van der Waals surface area contributed by atoms with Crippen molar-refractivity contribution < 1.29 is 0 Å². The Balaban J connectivity index is 0. The zero-order valence-electron chi connectivity index (χ0n) is 5.44. The average molecular weight is 196 g/mol. The van der Waals surface area contributed by atoms with Crippen molar-refractivity contribution in [3.05, 3.63) is 45.8 Å². The summed E-state index contributed by atoms with van der Waals surface area (Å²) in [6.45, 7) is 0. The first-order valence-electron chi connectivity index (χ1n) is 2.94. The van der Waals surface area contributed by atoms with E-state index in [1.54, 1.807) is 22.7 Å². The molecule has 0 aromatic carbocycles. The lowest BCUT2D eigenvalue weighted by Crippen LogP contribution is -1.16. The predicted octanol–water partition coefficient (Wildman–Crippen LogP) is 1.13. The molecule has 0 atom stereocenters. The molecule has 12 heavy (non-hydrogen) atoms. The molecule has 0 N–H and O–H groups in total. The van der Waals surface area contributed by atoms with Crippen LogP contribution >= 0.6 is 22.7 Å². The minimum atomic E-state index is 0. The fourth-order valence-electron chi connectivity index (χ4n) is 0.454. The predicted molar refractivity (Wildman–Crippen MR) is 68.5 cm³/mol. The minimum absolute atomic E-state index is 0. The van der Waals surface area contributed by atoms with Crippen LogP contribution in [0.4, 0.5) is 0 Å². The minimum Gasteiger partial charge on any atom is -0.152 e. The Hall–Kier alpha value is -0.470. The van der Waals surface area contributed by atoms with Crippen LogP contribution in [0.1, 0.15) is 0 Å². The van der Waals surface area contributed by atoms with Crippen molar-refractivity contribution in [2.24, 2.45) is 0 Å². The average Bonchev–Trinajstić information content (AvgIpc) is 2.67. The highest BCUT2D eigenvalue weighted by molar-refractivity contribution is 7.08. The fraction of sp³-hybridized carbons (Fsp3) is 0. The van der Waals surface area contributed by atoms with Crippen LogP contribution in [0.3, 0.4) is 0 Å². The monoisotopic (exact) mass is 196 g/mol. The highest BCUT2D eigenvalue weighted by Crippen LogP contribution is 1.92. The zero-order valence-corrected chi connectivity index (χ0v) is 7.07. The summed E-state index contributed by atoms with van der Waals surface area (Å²) in [5.74, 6) is 0. The molecule has 0 aliphatic heterocycles. The highest BCUT2D eigenvalue weighted by atomic mass is 32.1. The summed E-state index contributed by atoms with van der Waals surface area (Å²) in [6.07, 6.45) is 0. The Labute approximate surface area is 85.4 Å². The first-order valence-corrected chi connectivity index (χ1v) is 4.83. The third-order valence-corrected chi connectivity index (χ3v) is 2.11. The first-order chi connectivity index (χ1) is 5.00. The van der Waals surface area contributed by atoms with E-state index in [9.17, 15) is 0 Å². The van der Waals surface area contributed by atoms with Gasteiger partial charge in [0.2, 0.25) is 0 Å². The summed E-state index contributed by atoms with van der Waals surface area (Å²) in [6, 6.07) is 8.07. The molecule has 4 heteroatoms. The molecule has 0 spiro atoms. The maximum atomic E-state index is 2.04. The summed E-state index contributed by atoms with van der Waals surface area (Å²) in [7, 11) is 0. The van der Waals surface area contributed by atoms with E-state index < -0.39 is 0 Å². The molecule has 0 saturated heterocycles. The largest absolute Gasteiger partial charge is 0.152 e. The van der Waals surface area contributed by atoms with Crippen LogP contribution in [-0.4, -0.2) is 16.8 Å². The van der Waals surface area contributed by atoms with Gasteiger partial charge < -0.3 is 0 Å². The van der Waals surface area contributed by atoms with Crippen LogP contribution < -0.4 is 0 Å². The first kappa shape index (κ1) is 14.1. The molecule has 2 aromatic rings. The standard InChI is InChI=1S/2C4H4S.2BH3/c2*1-2-4-5-3-1;;/h2*1-4H;2*1H3. The molecule has 0 aliphatic carbocycles. The Kier molecular flexibility index (Phi) is 12.4. The van der Waals surface area contributed by atoms with Gasteiger partial charge in [0.15, 0.2) is 0 Å². The lowest BCUT2D eigenvalue weighted by atomic mass is 10.7.